The Hall–Kier alpha value is -0.730. The fraction of sp³-hybridized carbons (Fsp3) is 0.500. The van der Waals surface area contributed by atoms with E-state index in [2.05, 4.69) is 17.4 Å². The third-order valence-electron chi connectivity index (χ3n) is 0.646. The number of esters is 1. The van der Waals surface area contributed by atoms with Crippen molar-refractivity contribution in [2.45, 2.75) is 6.04 Å². The summed E-state index contributed by atoms with van der Waals surface area (Å²) in [7, 11) is 0. The van der Waals surface area contributed by atoms with Crippen molar-refractivity contribution in [3.8, 4) is 6.26 Å². The minimum Gasteiger partial charge on any atom is -0.350 e. The van der Waals surface area contributed by atoms with Crippen LogP contribution in [0.15, 0.2) is 0 Å². The average molecular weight is 146 g/mol. The number of rotatable bonds is 2. The highest BCUT2D eigenvalue weighted by Gasteiger charge is 2.11. The topological polar surface area (TPSA) is 76.1 Å². The number of nitrogens with two attached hydrogens (primary N) is 1. The van der Waals surface area contributed by atoms with Crippen LogP contribution in [0.3, 0.4) is 0 Å². The van der Waals surface area contributed by atoms with E-state index in [4.69, 9.17) is 11.0 Å². The quantitative estimate of drug-likeness (QED) is 0.306. The van der Waals surface area contributed by atoms with E-state index in [0.29, 0.717) is 0 Å². The third-order valence-corrected chi connectivity index (χ3v) is 1.04. The van der Waals surface area contributed by atoms with Crippen molar-refractivity contribution in [3.05, 3.63) is 0 Å². The summed E-state index contributed by atoms with van der Waals surface area (Å²) in [6, 6.07) is -0.798. The molecule has 1 atom stereocenters. The number of carbonyl (C=O) groups excluding carboxylic acids is 1. The molecule has 0 unspecified atom stereocenters. The first-order valence-electron chi connectivity index (χ1n) is 2.18. The van der Waals surface area contributed by atoms with Crippen molar-refractivity contribution in [1.82, 2.24) is 0 Å². The van der Waals surface area contributed by atoms with Gasteiger partial charge in [0, 0.05) is 5.75 Å². The molecule has 0 saturated heterocycles. The van der Waals surface area contributed by atoms with Gasteiger partial charge in [-0.05, 0) is 0 Å². The molecule has 0 aliphatic heterocycles. The standard InChI is InChI=1S/C4H6N2O2S/c5-2-8-4(7)3(6)1-9/h3,9H,1,6H2/t3-/m0/s1. The van der Waals surface area contributed by atoms with Gasteiger partial charge in [0.05, 0.1) is 0 Å². The van der Waals surface area contributed by atoms with Crippen molar-refractivity contribution in [2.24, 2.45) is 5.73 Å². The van der Waals surface area contributed by atoms with Gasteiger partial charge in [-0.1, -0.05) is 0 Å². The predicted octanol–water partition coefficient (Wildman–Crippen LogP) is -0.732. The first-order chi connectivity index (χ1) is 4.22. The molecular formula is C4H6N2O2S. The smallest absolute Gasteiger partial charge is 0.339 e. The van der Waals surface area contributed by atoms with Gasteiger partial charge in [-0.3, -0.25) is 0 Å². The van der Waals surface area contributed by atoms with Crippen molar-refractivity contribution in [2.75, 3.05) is 5.75 Å². The first kappa shape index (κ1) is 8.27. The van der Waals surface area contributed by atoms with Crippen LogP contribution in [-0.2, 0) is 9.53 Å². The highest BCUT2D eigenvalue weighted by Crippen LogP contribution is 1.86. The summed E-state index contributed by atoms with van der Waals surface area (Å²) in [4.78, 5) is 10.4. The lowest BCUT2D eigenvalue weighted by Gasteiger charge is -2.00. The van der Waals surface area contributed by atoms with Gasteiger partial charge in [0.15, 0.2) is 0 Å². The monoisotopic (exact) mass is 146 g/mol. The van der Waals surface area contributed by atoms with E-state index in [1.54, 1.807) is 0 Å². The molecular weight excluding hydrogens is 140 g/mol. The van der Waals surface area contributed by atoms with E-state index in [0.717, 1.165) is 0 Å². The molecule has 0 heterocycles. The molecule has 0 spiro atoms. The average Bonchev–Trinajstić information content (AvgIpc) is 1.87. The molecule has 4 nitrogen and oxygen atoms in total. The van der Waals surface area contributed by atoms with Crippen molar-refractivity contribution in [3.63, 3.8) is 0 Å². The van der Waals surface area contributed by atoms with Crippen LogP contribution in [0.5, 0.6) is 0 Å². The zero-order valence-electron chi connectivity index (χ0n) is 4.57. The number of hydrogen-bond acceptors (Lipinski definition) is 5. The Labute approximate surface area is 58.0 Å². The van der Waals surface area contributed by atoms with Crippen molar-refractivity contribution < 1.29 is 9.53 Å². The molecule has 9 heavy (non-hydrogen) atoms. The number of nitrogens with zero attached hydrogens (tertiary/aromatic N) is 1. The normalized spacial score (nSPS) is 11.7. The fourth-order valence-corrected chi connectivity index (χ4v) is 0.344. The number of thiol groups is 1. The van der Waals surface area contributed by atoms with Crippen LogP contribution in [0.2, 0.25) is 0 Å². The molecule has 0 aromatic heterocycles. The van der Waals surface area contributed by atoms with E-state index >= 15 is 0 Å². The van der Waals surface area contributed by atoms with E-state index in [-0.39, 0.29) is 5.75 Å². The fourth-order valence-electron chi connectivity index (χ4n) is 0.195. The number of ether oxygens (including phenoxy) is 1. The minimum absolute atomic E-state index is 0.181. The number of carbonyl (C=O) groups is 1. The lowest BCUT2D eigenvalue weighted by Crippen LogP contribution is -2.32. The van der Waals surface area contributed by atoms with E-state index in [9.17, 15) is 4.79 Å². The summed E-state index contributed by atoms with van der Waals surface area (Å²) in [5, 5.41) is 7.81. The van der Waals surface area contributed by atoms with E-state index in [1.807, 2.05) is 0 Å². The lowest BCUT2D eigenvalue weighted by molar-refractivity contribution is -0.137. The SMILES string of the molecule is N#COC(=O)[C@@H](N)CS. The second-order valence-corrected chi connectivity index (χ2v) is 1.67. The van der Waals surface area contributed by atoms with Gasteiger partial charge in [-0.25, -0.2) is 4.79 Å². The Morgan fingerprint density at radius 1 is 2.00 bits per heavy atom. The van der Waals surface area contributed by atoms with Crippen LogP contribution in [-0.4, -0.2) is 17.8 Å². The van der Waals surface area contributed by atoms with Crippen LogP contribution >= 0.6 is 12.6 Å². The van der Waals surface area contributed by atoms with Crippen LogP contribution in [0.25, 0.3) is 0 Å². The third kappa shape index (κ3) is 2.95. The summed E-state index contributed by atoms with van der Waals surface area (Å²) in [6.45, 7) is 0. The second kappa shape index (κ2) is 4.18. The lowest BCUT2D eigenvalue weighted by atomic mass is 10.4. The first-order valence-corrected chi connectivity index (χ1v) is 2.81. The van der Waals surface area contributed by atoms with E-state index < -0.39 is 12.0 Å². The highest BCUT2D eigenvalue weighted by atomic mass is 32.1. The van der Waals surface area contributed by atoms with Gasteiger partial charge < -0.3 is 10.5 Å². The molecule has 50 valence electrons. The van der Waals surface area contributed by atoms with Crippen LogP contribution in [0, 0.1) is 11.5 Å². The Balaban J connectivity index is 3.62. The summed E-state index contributed by atoms with van der Waals surface area (Å²) in [5.74, 6) is -0.562. The predicted molar refractivity (Wildman–Crippen MR) is 33.5 cm³/mol. The van der Waals surface area contributed by atoms with Crippen LogP contribution < -0.4 is 5.73 Å². The van der Waals surface area contributed by atoms with Crippen molar-refractivity contribution >= 4 is 18.6 Å². The van der Waals surface area contributed by atoms with Crippen LogP contribution in [0.4, 0.5) is 0 Å². The van der Waals surface area contributed by atoms with E-state index in [1.165, 1.54) is 6.26 Å². The van der Waals surface area contributed by atoms with Gasteiger partial charge >= 0.3 is 5.97 Å². The largest absolute Gasteiger partial charge is 0.350 e. The molecule has 0 aromatic carbocycles. The molecule has 0 aliphatic rings. The molecule has 2 N–H and O–H groups in total. The molecule has 0 radical (unpaired) electrons. The number of hydrogen-bond donors (Lipinski definition) is 2. The molecule has 0 bridgehead atoms. The van der Waals surface area contributed by atoms with Crippen LogP contribution in [0.1, 0.15) is 0 Å². The van der Waals surface area contributed by atoms with Gasteiger partial charge in [-0.2, -0.15) is 12.6 Å². The summed E-state index contributed by atoms with van der Waals surface area (Å²) < 4.78 is 3.89. The zero-order chi connectivity index (χ0) is 7.28. The maximum Gasteiger partial charge on any atom is 0.339 e. The maximum absolute atomic E-state index is 10.4. The minimum atomic E-state index is -0.798. The second-order valence-electron chi connectivity index (χ2n) is 1.30. The maximum atomic E-state index is 10.4. The van der Waals surface area contributed by atoms with Gasteiger partial charge in [-0.15, -0.1) is 5.26 Å². The molecule has 0 rings (SSSR count). The van der Waals surface area contributed by atoms with Gasteiger partial charge in [0.1, 0.15) is 6.04 Å². The Morgan fingerprint density at radius 2 is 2.56 bits per heavy atom. The Morgan fingerprint density at radius 3 is 2.89 bits per heavy atom. The zero-order valence-corrected chi connectivity index (χ0v) is 5.47. The highest BCUT2D eigenvalue weighted by molar-refractivity contribution is 7.80. The Kier molecular flexibility index (Phi) is 3.84. The summed E-state index contributed by atoms with van der Waals surface area (Å²) >= 11 is 3.71. The molecule has 0 amide bonds. The molecule has 0 fully saturated rings. The number of nitriles is 1. The molecule has 5 heteroatoms. The van der Waals surface area contributed by atoms with Gasteiger partial charge in [0.25, 0.3) is 6.26 Å². The molecule has 0 aliphatic carbocycles. The molecule has 0 aromatic rings. The van der Waals surface area contributed by atoms with Crippen molar-refractivity contribution in [1.29, 1.82) is 5.26 Å². The summed E-state index contributed by atoms with van der Waals surface area (Å²) in [5.41, 5.74) is 5.10. The van der Waals surface area contributed by atoms with Gasteiger partial charge in [0.2, 0.25) is 0 Å². The molecule has 0 saturated carbocycles. The summed E-state index contributed by atoms with van der Waals surface area (Å²) in [6.07, 6.45) is 1.22. The Bertz CT molecular complexity index is 142.